The molecule has 192 valence electrons. The molecule has 2 aliphatic heterocycles. The molecule has 0 N–H and O–H groups in total. The van der Waals surface area contributed by atoms with Gasteiger partial charge in [0.15, 0.2) is 0 Å². The van der Waals surface area contributed by atoms with Crippen molar-refractivity contribution in [3.8, 4) is 11.4 Å². The summed E-state index contributed by atoms with van der Waals surface area (Å²) in [4.78, 5) is 22.6. The Bertz CT molecular complexity index is 1340. The van der Waals surface area contributed by atoms with Gasteiger partial charge in [-0.2, -0.15) is 0 Å². The topological polar surface area (TPSA) is 59.8 Å². The molecule has 0 spiro atoms. The fraction of sp³-hybridized carbons (Fsp3) is 0.400. The number of anilines is 1. The molecular weight excluding hydrogens is 464 g/mol. The SMILES string of the molecule is COc1cc(C=C2CCCN([C@H]3CCc4c3cccc4N3CCOCC3)C2=O)ccc1-n1cnc(C)c1. The third-order valence-electron chi connectivity index (χ3n) is 7.86. The molecular formula is C30H34N4O3. The van der Waals surface area contributed by atoms with Crippen LogP contribution in [0.25, 0.3) is 11.8 Å². The molecule has 1 aliphatic carbocycles. The van der Waals surface area contributed by atoms with Crippen LogP contribution < -0.4 is 9.64 Å². The summed E-state index contributed by atoms with van der Waals surface area (Å²) < 4.78 is 13.2. The Labute approximate surface area is 218 Å². The standard InChI is InChI=1S/C30H34N4O3/c1-21-19-33(20-31-21)28-10-8-22(18-29(28)36-2)17-23-5-4-12-34(30(23)35)27-11-9-25-24(27)6-3-7-26(25)32-13-15-37-16-14-32/h3,6-8,10,17-20,27H,4-5,9,11-16H2,1-2H3/t27-/m0/s1. The van der Waals surface area contributed by atoms with Gasteiger partial charge in [0.1, 0.15) is 5.75 Å². The van der Waals surface area contributed by atoms with Crippen LogP contribution in [-0.2, 0) is 16.0 Å². The number of methoxy groups -OCH3 is 1. The molecule has 3 aromatic rings. The summed E-state index contributed by atoms with van der Waals surface area (Å²) in [6.45, 7) is 6.19. The van der Waals surface area contributed by atoms with Gasteiger partial charge in [0.05, 0.1) is 44.1 Å². The maximum absolute atomic E-state index is 13.7. The molecule has 1 aromatic heterocycles. The summed E-state index contributed by atoms with van der Waals surface area (Å²) >= 11 is 0. The van der Waals surface area contributed by atoms with Crippen LogP contribution in [0.5, 0.6) is 5.75 Å². The highest BCUT2D eigenvalue weighted by Crippen LogP contribution is 2.42. The van der Waals surface area contributed by atoms with E-state index in [0.29, 0.717) is 0 Å². The predicted octanol–water partition coefficient (Wildman–Crippen LogP) is 4.72. The number of hydrogen-bond acceptors (Lipinski definition) is 5. The lowest BCUT2D eigenvalue weighted by Crippen LogP contribution is -2.39. The first kappa shape index (κ1) is 23.8. The highest BCUT2D eigenvalue weighted by atomic mass is 16.5. The highest BCUT2D eigenvalue weighted by Gasteiger charge is 2.35. The second-order valence-electron chi connectivity index (χ2n) is 10.1. The van der Waals surface area contributed by atoms with Gasteiger partial charge in [0, 0.05) is 37.1 Å². The van der Waals surface area contributed by atoms with Crippen molar-refractivity contribution in [2.45, 2.75) is 38.6 Å². The molecule has 0 bridgehead atoms. The van der Waals surface area contributed by atoms with Crippen molar-refractivity contribution in [2.24, 2.45) is 0 Å². The Morgan fingerprint density at radius 3 is 2.73 bits per heavy atom. The zero-order chi connectivity index (χ0) is 25.4. The molecule has 3 aliphatic rings. The van der Waals surface area contributed by atoms with Gasteiger partial charge in [-0.15, -0.1) is 0 Å². The maximum Gasteiger partial charge on any atom is 0.250 e. The lowest BCUT2D eigenvalue weighted by molar-refractivity contribution is -0.131. The second-order valence-corrected chi connectivity index (χ2v) is 10.1. The first-order valence-corrected chi connectivity index (χ1v) is 13.3. The van der Waals surface area contributed by atoms with Crippen LogP contribution in [-0.4, -0.2) is 60.3 Å². The number of hydrogen-bond donors (Lipinski definition) is 0. The van der Waals surface area contributed by atoms with Crippen LogP contribution in [0.15, 0.2) is 54.5 Å². The molecule has 1 atom stereocenters. The van der Waals surface area contributed by atoms with Crippen molar-refractivity contribution in [1.29, 1.82) is 0 Å². The summed E-state index contributed by atoms with van der Waals surface area (Å²) in [5.74, 6) is 0.918. The Kier molecular flexibility index (Phi) is 6.47. The smallest absolute Gasteiger partial charge is 0.250 e. The van der Waals surface area contributed by atoms with Crippen molar-refractivity contribution in [2.75, 3.05) is 44.9 Å². The molecule has 2 saturated heterocycles. The first-order valence-electron chi connectivity index (χ1n) is 13.3. The molecule has 6 rings (SSSR count). The number of fused-ring (bicyclic) bond motifs is 1. The number of piperidine rings is 1. The Balaban J connectivity index is 1.25. The summed E-state index contributed by atoms with van der Waals surface area (Å²) in [7, 11) is 1.68. The summed E-state index contributed by atoms with van der Waals surface area (Å²) in [5.41, 5.74) is 7.78. The number of amides is 1. The van der Waals surface area contributed by atoms with Crippen LogP contribution in [0.3, 0.4) is 0 Å². The van der Waals surface area contributed by atoms with Crippen molar-refractivity contribution in [3.63, 3.8) is 0 Å². The molecule has 2 aromatic carbocycles. The van der Waals surface area contributed by atoms with Gasteiger partial charge in [-0.3, -0.25) is 4.79 Å². The molecule has 37 heavy (non-hydrogen) atoms. The van der Waals surface area contributed by atoms with Gasteiger partial charge in [0.2, 0.25) is 5.91 Å². The number of aryl methyl sites for hydroxylation is 1. The number of rotatable bonds is 5. The summed E-state index contributed by atoms with van der Waals surface area (Å²) in [6.07, 6.45) is 9.59. The molecule has 0 radical (unpaired) electrons. The van der Waals surface area contributed by atoms with Gasteiger partial charge >= 0.3 is 0 Å². The number of morpholine rings is 1. The molecule has 0 unspecified atom stereocenters. The zero-order valence-electron chi connectivity index (χ0n) is 21.7. The van der Waals surface area contributed by atoms with Gasteiger partial charge in [-0.1, -0.05) is 18.2 Å². The third kappa shape index (κ3) is 4.53. The summed E-state index contributed by atoms with van der Waals surface area (Å²) in [5, 5.41) is 0. The number of imidazole rings is 1. The van der Waals surface area contributed by atoms with E-state index in [1.54, 1.807) is 13.4 Å². The average molecular weight is 499 g/mol. The number of ether oxygens (including phenoxy) is 2. The van der Waals surface area contributed by atoms with Crippen molar-refractivity contribution >= 4 is 17.7 Å². The summed E-state index contributed by atoms with van der Waals surface area (Å²) in [6, 6.07) is 12.8. The fourth-order valence-corrected chi connectivity index (χ4v) is 6.05. The quantitative estimate of drug-likeness (QED) is 0.477. The van der Waals surface area contributed by atoms with Gasteiger partial charge in [0.25, 0.3) is 0 Å². The lowest BCUT2D eigenvalue weighted by Gasteiger charge is -2.35. The number of aromatic nitrogens is 2. The van der Waals surface area contributed by atoms with E-state index in [0.717, 1.165) is 86.8 Å². The van der Waals surface area contributed by atoms with E-state index in [2.05, 4.69) is 33.0 Å². The number of likely N-dealkylation sites (tertiary alicyclic amines) is 1. The molecule has 0 saturated carbocycles. The van der Waals surface area contributed by atoms with E-state index in [4.69, 9.17) is 9.47 Å². The minimum absolute atomic E-state index is 0.147. The van der Waals surface area contributed by atoms with E-state index < -0.39 is 0 Å². The zero-order valence-corrected chi connectivity index (χ0v) is 21.7. The van der Waals surface area contributed by atoms with Crippen molar-refractivity contribution < 1.29 is 14.3 Å². The highest BCUT2D eigenvalue weighted by molar-refractivity contribution is 5.99. The van der Waals surface area contributed by atoms with Gasteiger partial charge < -0.3 is 23.8 Å². The molecule has 7 heteroatoms. The Hall–Kier alpha value is -3.58. The Morgan fingerprint density at radius 1 is 1.08 bits per heavy atom. The molecule has 3 heterocycles. The predicted molar refractivity (Wildman–Crippen MR) is 144 cm³/mol. The number of carbonyl (C=O) groups is 1. The van der Waals surface area contributed by atoms with Crippen molar-refractivity contribution in [3.05, 3.63) is 76.9 Å². The Morgan fingerprint density at radius 2 is 1.95 bits per heavy atom. The van der Waals surface area contributed by atoms with Crippen LogP contribution in [0.1, 0.15) is 47.7 Å². The lowest BCUT2D eigenvalue weighted by atomic mass is 9.97. The number of carbonyl (C=O) groups excluding carboxylic acids is 1. The largest absolute Gasteiger partial charge is 0.495 e. The van der Waals surface area contributed by atoms with E-state index in [1.165, 1.54) is 16.8 Å². The third-order valence-corrected chi connectivity index (χ3v) is 7.86. The van der Waals surface area contributed by atoms with E-state index >= 15 is 0 Å². The maximum atomic E-state index is 13.7. The molecule has 2 fully saturated rings. The minimum Gasteiger partial charge on any atom is -0.495 e. The number of nitrogens with zero attached hydrogens (tertiary/aromatic N) is 4. The fourth-order valence-electron chi connectivity index (χ4n) is 6.05. The van der Waals surface area contributed by atoms with Gasteiger partial charge in [-0.25, -0.2) is 4.98 Å². The van der Waals surface area contributed by atoms with Crippen LogP contribution in [0.4, 0.5) is 5.69 Å². The number of benzene rings is 2. The molecule has 7 nitrogen and oxygen atoms in total. The average Bonchev–Trinajstić information content (AvgIpc) is 3.56. The van der Waals surface area contributed by atoms with Crippen molar-refractivity contribution in [1.82, 2.24) is 14.5 Å². The monoisotopic (exact) mass is 498 g/mol. The van der Waals surface area contributed by atoms with Crippen LogP contribution >= 0.6 is 0 Å². The first-order chi connectivity index (χ1) is 18.1. The normalized spacial score (nSPS) is 21.0. The van der Waals surface area contributed by atoms with E-state index in [1.807, 2.05) is 42.0 Å². The van der Waals surface area contributed by atoms with Crippen LogP contribution in [0.2, 0.25) is 0 Å². The van der Waals surface area contributed by atoms with Crippen LogP contribution in [0, 0.1) is 6.92 Å². The van der Waals surface area contributed by atoms with E-state index in [9.17, 15) is 4.79 Å². The second kappa shape index (κ2) is 10.1. The van der Waals surface area contributed by atoms with Gasteiger partial charge in [-0.05, 0) is 73.6 Å². The minimum atomic E-state index is 0.147. The van der Waals surface area contributed by atoms with E-state index in [-0.39, 0.29) is 11.9 Å². The molecule has 1 amide bonds.